The van der Waals surface area contributed by atoms with Crippen LogP contribution in [0.4, 0.5) is 5.69 Å². The Kier molecular flexibility index (Phi) is 6.96. The van der Waals surface area contributed by atoms with E-state index in [1.54, 1.807) is 6.20 Å². The van der Waals surface area contributed by atoms with Gasteiger partial charge in [-0.2, -0.15) is 0 Å². The molecule has 0 spiro atoms. The van der Waals surface area contributed by atoms with E-state index in [1.165, 1.54) is 32.1 Å². The number of hydrogen-bond donors (Lipinski definition) is 3. The number of pyridine rings is 1. The molecule has 0 aliphatic rings. The molecule has 0 amide bonds. The minimum absolute atomic E-state index is 0. The minimum atomic E-state index is 0. The highest BCUT2D eigenvalue weighted by molar-refractivity contribution is 5.96. The van der Waals surface area contributed by atoms with Crippen LogP contribution in [0.1, 0.15) is 44.6 Å². The molecule has 0 unspecified atom stereocenters. The van der Waals surface area contributed by atoms with E-state index < -0.39 is 0 Å². The molecule has 21 heavy (non-hydrogen) atoms. The fraction of sp³-hybridized carbons (Fsp3) is 0.471. The first-order valence-corrected chi connectivity index (χ1v) is 7.55. The van der Waals surface area contributed by atoms with Crippen molar-refractivity contribution in [2.45, 2.75) is 46.0 Å². The number of benzene rings is 1. The second kappa shape index (κ2) is 8.47. The number of aromatic hydroxyl groups is 1. The largest absolute Gasteiger partial charge is 0.505 e. The fourth-order valence-electron chi connectivity index (χ4n) is 2.46. The molecule has 4 nitrogen and oxygen atoms in total. The first-order valence-electron chi connectivity index (χ1n) is 7.55. The van der Waals surface area contributed by atoms with Gasteiger partial charge in [-0.15, -0.1) is 0 Å². The lowest BCUT2D eigenvalue weighted by Crippen LogP contribution is -2.02. The van der Waals surface area contributed by atoms with Gasteiger partial charge in [-0.3, -0.25) is 4.98 Å². The Morgan fingerprint density at radius 3 is 2.71 bits per heavy atom. The summed E-state index contributed by atoms with van der Waals surface area (Å²) in [6, 6.07) is 5.91. The van der Waals surface area contributed by atoms with E-state index in [1.807, 2.05) is 25.1 Å². The number of unbranched alkanes of at least 4 members (excludes halogenated alkanes) is 4. The predicted octanol–water partition coefficient (Wildman–Crippen LogP) is 4.79. The summed E-state index contributed by atoms with van der Waals surface area (Å²) in [5.41, 5.74) is 2.62. The van der Waals surface area contributed by atoms with Gasteiger partial charge in [0.2, 0.25) is 0 Å². The highest BCUT2D eigenvalue weighted by atomic mass is 16.3. The lowest BCUT2D eigenvalue weighted by Gasteiger charge is -2.12. The third kappa shape index (κ3) is 4.33. The molecule has 5 N–H and O–H groups in total. The molecule has 0 aliphatic carbocycles. The molecule has 0 atom stereocenters. The molecular formula is C17H27N3O. The quantitative estimate of drug-likeness (QED) is 0.505. The van der Waals surface area contributed by atoms with Crippen molar-refractivity contribution < 1.29 is 5.11 Å². The summed E-state index contributed by atoms with van der Waals surface area (Å²) in [4.78, 5) is 4.28. The average molecular weight is 289 g/mol. The number of phenols is 1. The number of aromatic nitrogens is 1. The van der Waals surface area contributed by atoms with E-state index in [9.17, 15) is 5.11 Å². The molecule has 1 aromatic heterocycles. The van der Waals surface area contributed by atoms with Gasteiger partial charge in [0.1, 0.15) is 11.3 Å². The Bertz CT molecular complexity index is 569. The number of fused-ring (bicyclic) bond motifs is 1. The molecule has 116 valence electrons. The Morgan fingerprint density at radius 1 is 1.19 bits per heavy atom. The number of anilines is 1. The number of nitrogens with zero attached hydrogens (tertiary/aromatic N) is 1. The van der Waals surface area contributed by atoms with Crippen LogP contribution in [0.2, 0.25) is 0 Å². The van der Waals surface area contributed by atoms with Crippen molar-refractivity contribution in [1.82, 2.24) is 11.1 Å². The van der Waals surface area contributed by atoms with Gasteiger partial charge in [0, 0.05) is 23.8 Å². The van der Waals surface area contributed by atoms with Crippen molar-refractivity contribution in [2.75, 3.05) is 11.9 Å². The Balaban J connectivity index is 0.00000220. The summed E-state index contributed by atoms with van der Waals surface area (Å²) < 4.78 is 0. The maximum atomic E-state index is 10.1. The van der Waals surface area contributed by atoms with Gasteiger partial charge < -0.3 is 16.6 Å². The molecule has 1 aromatic carbocycles. The number of aryl methyl sites for hydroxylation is 1. The molecule has 1 heterocycles. The Morgan fingerprint density at radius 2 is 1.95 bits per heavy atom. The SMILES string of the molecule is CCCCCCCNc1cc(C)c(O)c2ncccc12.N. The molecule has 4 heteroatoms. The van der Waals surface area contributed by atoms with Crippen LogP contribution >= 0.6 is 0 Å². The van der Waals surface area contributed by atoms with Gasteiger partial charge in [0.15, 0.2) is 0 Å². The van der Waals surface area contributed by atoms with Crippen LogP contribution in [-0.2, 0) is 0 Å². The lowest BCUT2D eigenvalue weighted by molar-refractivity contribution is 0.476. The summed E-state index contributed by atoms with van der Waals surface area (Å²) >= 11 is 0. The van der Waals surface area contributed by atoms with Gasteiger partial charge in [-0.05, 0) is 37.1 Å². The highest BCUT2D eigenvalue weighted by Gasteiger charge is 2.09. The summed E-state index contributed by atoms with van der Waals surface area (Å²) in [7, 11) is 0. The lowest BCUT2D eigenvalue weighted by atomic mass is 10.1. The van der Waals surface area contributed by atoms with Crippen LogP contribution in [0.15, 0.2) is 24.4 Å². The van der Waals surface area contributed by atoms with Crippen molar-refractivity contribution >= 4 is 16.6 Å². The maximum Gasteiger partial charge on any atom is 0.144 e. The van der Waals surface area contributed by atoms with Crippen LogP contribution < -0.4 is 11.5 Å². The standard InChI is InChI=1S/C17H24N2O.H3N/c1-3-4-5-6-7-10-18-15-12-13(2)17(20)16-14(15)9-8-11-19-16;/h8-9,11-12,18,20H,3-7,10H2,1-2H3;1H3. The molecule has 0 radical (unpaired) electrons. The monoisotopic (exact) mass is 289 g/mol. The van der Waals surface area contributed by atoms with Crippen LogP contribution in [0.25, 0.3) is 10.9 Å². The fourth-order valence-corrected chi connectivity index (χ4v) is 2.46. The Labute approximate surface area is 127 Å². The van der Waals surface area contributed by atoms with Crippen molar-refractivity contribution in [3.8, 4) is 5.75 Å². The first kappa shape index (κ1) is 17.2. The minimum Gasteiger partial charge on any atom is -0.505 e. The molecule has 0 fully saturated rings. The van der Waals surface area contributed by atoms with E-state index in [4.69, 9.17) is 0 Å². The number of phenolic OH excluding ortho intramolecular Hbond substituents is 1. The van der Waals surface area contributed by atoms with Crippen LogP contribution in [-0.4, -0.2) is 16.6 Å². The van der Waals surface area contributed by atoms with Gasteiger partial charge in [-0.25, -0.2) is 0 Å². The molecule has 2 rings (SSSR count). The zero-order valence-corrected chi connectivity index (χ0v) is 13.2. The van der Waals surface area contributed by atoms with E-state index in [2.05, 4.69) is 17.2 Å². The zero-order chi connectivity index (χ0) is 14.4. The molecule has 2 aromatic rings. The summed E-state index contributed by atoms with van der Waals surface area (Å²) in [5.74, 6) is 0.286. The summed E-state index contributed by atoms with van der Waals surface area (Å²) in [6.45, 7) is 5.12. The molecular weight excluding hydrogens is 262 g/mol. The molecule has 0 bridgehead atoms. The van der Waals surface area contributed by atoms with Gasteiger partial charge in [-0.1, -0.05) is 32.6 Å². The normalized spacial score (nSPS) is 10.4. The predicted molar refractivity (Wildman–Crippen MR) is 90.4 cm³/mol. The topological polar surface area (TPSA) is 80.2 Å². The molecule has 0 aliphatic heterocycles. The Hall–Kier alpha value is -1.81. The highest BCUT2D eigenvalue weighted by Crippen LogP contribution is 2.32. The van der Waals surface area contributed by atoms with Gasteiger partial charge in [0.05, 0.1) is 0 Å². The van der Waals surface area contributed by atoms with Crippen LogP contribution in [0, 0.1) is 6.92 Å². The third-order valence-electron chi connectivity index (χ3n) is 3.65. The summed E-state index contributed by atoms with van der Waals surface area (Å²) in [5, 5.41) is 14.5. The third-order valence-corrected chi connectivity index (χ3v) is 3.65. The van der Waals surface area contributed by atoms with E-state index in [0.717, 1.165) is 23.2 Å². The summed E-state index contributed by atoms with van der Waals surface area (Å²) in [6.07, 6.45) is 8.09. The number of nitrogens with one attached hydrogen (secondary N) is 1. The van der Waals surface area contributed by atoms with E-state index in [-0.39, 0.29) is 11.9 Å². The van der Waals surface area contributed by atoms with Gasteiger partial charge >= 0.3 is 0 Å². The second-order valence-corrected chi connectivity index (χ2v) is 5.33. The maximum absolute atomic E-state index is 10.1. The smallest absolute Gasteiger partial charge is 0.144 e. The van der Waals surface area contributed by atoms with Crippen LogP contribution in [0.5, 0.6) is 5.75 Å². The van der Waals surface area contributed by atoms with Crippen molar-refractivity contribution in [3.05, 3.63) is 30.0 Å². The molecule has 0 saturated heterocycles. The van der Waals surface area contributed by atoms with Crippen molar-refractivity contribution in [1.29, 1.82) is 0 Å². The molecule has 0 saturated carbocycles. The number of hydrogen-bond acceptors (Lipinski definition) is 4. The second-order valence-electron chi connectivity index (χ2n) is 5.33. The number of rotatable bonds is 7. The first-order chi connectivity index (χ1) is 9.74. The average Bonchev–Trinajstić information content (AvgIpc) is 2.47. The van der Waals surface area contributed by atoms with Crippen molar-refractivity contribution in [2.24, 2.45) is 0 Å². The van der Waals surface area contributed by atoms with Crippen LogP contribution in [0.3, 0.4) is 0 Å². The van der Waals surface area contributed by atoms with E-state index >= 15 is 0 Å². The van der Waals surface area contributed by atoms with Gasteiger partial charge in [0.25, 0.3) is 0 Å². The van der Waals surface area contributed by atoms with E-state index in [0.29, 0.717) is 5.52 Å². The van der Waals surface area contributed by atoms with Crippen molar-refractivity contribution in [3.63, 3.8) is 0 Å². The zero-order valence-electron chi connectivity index (χ0n) is 13.2.